The third kappa shape index (κ3) is 0.689. The fourth-order valence-corrected chi connectivity index (χ4v) is 1.38. The van der Waals surface area contributed by atoms with Crippen LogP contribution in [0.2, 0.25) is 0 Å². The highest BCUT2D eigenvalue weighted by molar-refractivity contribution is 4.84. The summed E-state index contributed by atoms with van der Waals surface area (Å²) >= 11 is 0. The van der Waals surface area contributed by atoms with Crippen LogP contribution in [0.15, 0.2) is 0 Å². The van der Waals surface area contributed by atoms with Crippen LogP contribution in [0.5, 0.6) is 0 Å². The molecule has 2 heterocycles. The van der Waals surface area contributed by atoms with E-state index in [-0.39, 0.29) is 5.91 Å². The summed E-state index contributed by atoms with van der Waals surface area (Å²) in [5, 5.41) is 1.91. The van der Waals surface area contributed by atoms with Crippen molar-refractivity contribution in [3.63, 3.8) is 0 Å². The van der Waals surface area contributed by atoms with Gasteiger partial charge in [-0.2, -0.15) is 0 Å². The van der Waals surface area contributed by atoms with E-state index in [9.17, 15) is 0 Å². The maximum atomic E-state index is 5.37. The Labute approximate surface area is 54.5 Å². The van der Waals surface area contributed by atoms with Crippen molar-refractivity contribution in [3.8, 4) is 0 Å². The lowest BCUT2D eigenvalue weighted by Crippen LogP contribution is -2.15. The smallest absolute Gasteiger partial charge is 0.270 e. The molecule has 2 atom stereocenters. The number of hydroxylamine groups is 2. The van der Waals surface area contributed by atoms with Crippen LogP contribution in [0.25, 0.3) is 0 Å². The van der Waals surface area contributed by atoms with Crippen LogP contribution in [-0.4, -0.2) is 24.1 Å². The molecule has 52 valence electrons. The Morgan fingerprint density at radius 1 is 1.78 bits per heavy atom. The van der Waals surface area contributed by atoms with Gasteiger partial charge in [0.15, 0.2) is 0 Å². The van der Waals surface area contributed by atoms with Crippen molar-refractivity contribution in [2.75, 3.05) is 13.2 Å². The first-order chi connectivity index (χ1) is 4.37. The zero-order valence-electron chi connectivity index (χ0n) is 5.59. The molecule has 0 spiro atoms. The fraction of sp³-hybridized carbons (Fsp3) is 1.00. The van der Waals surface area contributed by atoms with Crippen LogP contribution in [0, 0.1) is 0 Å². The summed E-state index contributed by atoms with van der Waals surface area (Å²) in [6.07, 6.45) is 2.25. The molecule has 9 heavy (non-hydrogen) atoms. The minimum atomic E-state index is -0.255. The van der Waals surface area contributed by atoms with E-state index in [0.29, 0.717) is 0 Å². The summed E-state index contributed by atoms with van der Waals surface area (Å²) in [6, 6.07) is 0. The summed E-state index contributed by atoms with van der Waals surface area (Å²) in [4.78, 5) is 5.19. The molecule has 0 saturated carbocycles. The van der Waals surface area contributed by atoms with Gasteiger partial charge in [-0.1, -0.05) is 0 Å². The minimum absolute atomic E-state index is 0.255. The van der Waals surface area contributed by atoms with Crippen molar-refractivity contribution in [3.05, 3.63) is 0 Å². The summed E-state index contributed by atoms with van der Waals surface area (Å²) in [5.74, 6) is -0.255. The van der Waals surface area contributed by atoms with Crippen LogP contribution in [-0.2, 0) is 9.57 Å². The molecule has 2 aliphatic heterocycles. The Hall–Kier alpha value is -0.120. The molecule has 2 saturated heterocycles. The molecule has 0 aromatic rings. The van der Waals surface area contributed by atoms with Crippen LogP contribution >= 0.6 is 0 Å². The molecule has 0 aromatic carbocycles. The van der Waals surface area contributed by atoms with Gasteiger partial charge in [0.2, 0.25) is 0 Å². The van der Waals surface area contributed by atoms with Crippen LogP contribution in [0.3, 0.4) is 0 Å². The predicted molar refractivity (Wildman–Crippen MR) is 31.4 cm³/mol. The highest BCUT2D eigenvalue weighted by Crippen LogP contribution is 2.45. The largest absolute Gasteiger partial charge is 0.335 e. The lowest BCUT2D eigenvalue weighted by molar-refractivity contribution is -0.0415. The zero-order valence-corrected chi connectivity index (χ0v) is 5.59. The molecule has 0 bridgehead atoms. The number of hydrogen-bond donors (Lipinski definition) is 0. The van der Waals surface area contributed by atoms with Crippen molar-refractivity contribution in [2.45, 2.75) is 25.7 Å². The van der Waals surface area contributed by atoms with Gasteiger partial charge in [0.25, 0.3) is 5.91 Å². The van der Waals surface area contributed by atoms with Gasteiger partial charge in [-0.3, -0.25) is 0 Å². The SMILES string of the molecule is CCOC12CCCN1O2. The van der Waals surface area contributed by atoms with E-state index in [0.717, 1.165) is 19.6 Å². The van der Waals surface area contributed by atoms with Gasteiger partial charge in [-0.15, -0.1) is 5.06 Å². The first-order valence-corrected chi connectivity index (χ1v) is 3.48. The van der Waals surface area contributed by atoms with E-state index >= 15 is 0 Å². The molecule has 0 aromatic heterocycles. The molecule has 2 unspecified atom stereocenters. The molecule has 0 N–H and O–H groups in total. The Bertz CT molecular complexity index is 128. The van der Waals surface area contributed by atoms with Crippen LogP contribution in [0.1, 0.15) is 19.8 Å². The Morgan fingerprint density at radius 3 is 3.11 bits per heavy atom. The van der Waals surface area contributed by atoms with Crippen molar-refractivity contribution in [1.82, 2.24) is 5.06 Å². The van der Waals surface area contributed by atoms with Gasteiger partial charge in [0, 0.05) is 19.6 Å². The van der Waals surface area contributed by atoms with E-state index in [4.69, 9.17) is 9.57 Å². The second kappa shape index (κ2) is 1.68. The second-order valence-electron chi connectivity index (χ2n) is 2.44. The number of hydrogen-bond acceptors (Lipinski definition) is 3. The van der Waals surface area contributed by atoms with E-state index in [1.54, 1.807) is 0 Å². The number of rotatable bonds is 2. The molecular weight excluding hydrogens is 118 g/mol. The maximum absolute atomic E-state index is 5.37. The molecule has 0 aliphatic carbocycles. The number of ether oxygens (including phenoxy) is 1. The molecule has 0 radical (unpaired) electrons. The normalized spacial score (nSPS) is 47.0. The molecule has 2 rings (SSSR count). The van der Waals surface area contributed by atoms with Gasteiger partial charge in [0.1, 0.15) is 0 Å². The average molecular weight is 129 g/mol. The molecule has 2 fully saturated rings. The van der Waals surface area contributed by atoms with Crippen LogP contribution in [0.4, 0.5) is 0 Å². The molecule has 0 amide bonds. The van der Waals surface area contributed by atoms with Gasteiger partial charge < -0.3 is 4.74 Å². The predicted octanol–water partition coefficient (Wildman–Crippen LogP) is 0.718. The quantitative estimate of drug-likeness (QED) is 0.513. The third-order valence-corrected chi connectivity index (χ3v) is 1.82. The lowest BCUT2D eigenvalue weighted by atomic mass is 10.3. The highest BCUT2D eigenvalue weighted by Gasteiger charge is 2.59. The summed E-state index contributed by atoms with van der Waals surface area (Å²) in [5.41, 5.74) is 0. The number of nitrogens with zero attached hydrogens (tertiary/aromatic N) is 1. The summed E-state index contributed by atoms with van der Waals surface area (Å²) < 4.78 is 5.37. The Morgan fingerprint density at radius 2 is 2.67 bits per heavy atom. The first kappa shape index (κ1) is 5.65. The number of fused-ring (bicyclic) bond motifs is 1. The van der Waals surface area contributed by atoms with Crippen molar-refractivity contribution >= 4 is 0 Å². The fourth-order valence-electron chi connectivity index (χ4n) is 1.38. The topological polar surface area (TPSA) is 24.8 Å². The van der Waals surface area contributed by atoms with Gasteiger partial charge in [-0.05, 0) is 13.3 Å². The van der Waals surface area contributed by atoms with E-state index in [1.165, 1.54) is 6.42 Å². The molecule has 2 aliphatic rings. The monoisotopic (exact) mass is 129 g/mol. The minimum Gasteiger partial charge on any atom is -0.335 e. The van der Waals surface area contributed by atoms with Crippen molar-refractivity contribution < 1.29 is 9.57 Å². The second-order valence-corrected chi connectivity index (χ2v) is 2.44. The Kier molecular flexibility index (Phi) is 1.06. The van der Waals surface area contributed by atoms with Gasteiger partial charge in [0.05, 0.1) is 0 Å². The molecule has 3 heteroatoms. The lowest BCUT2D eigenvalue weighted by Gasteiger charge is -2.03. The maximum Gasteiger partial charge on any atom is 0.270 e. The van der Waals surface area contributed by atoms with E-state index in [1.807, 2.05) is 12.0 Å². The average Bonchev–Trinajstić information content (AvgIpc) is 2.37. The van der Waals surface area contributed by atoms with Gasteiger partial charge >= 0.3 is 0 Å². The van der Waals surface area contributed by atoms with Crippen molar-refractivity contribution in [1.29, 1.82) is 0 Å². The van der Waals surface area contributed by atoms with Crippen LogP contribution < -0.4 is 0 Å². The molecular formula is C6H11NO2. The van der Waals surface area contributed by atoms with E-state index < -0.39 is 0 Å². The first-order valence-electron chi connectivity index (χ1n) is 3.48. The molecule has 3 nitrogen and oxygen atoms in total. The third-order valence-electron chi connectivity index (χ3n) is 1.82. The Balaban J connectivity index is 1.95. The van der Waals surface area contributed by atoms with E-state index in [2.05, 4.69) is 0 Å². The summed E-state index contributed by atoms with van der Waals surface area (Å²) in [7, 11) is 0. The summed E-state index contributed by atoms with van der Waals surface area (Å²) in [6.45, 7) is 3.78. The standard InChI is InChI=1S/C6H11NO2/c1-2-8-6-4-3-5-7(6)9-6/h2-5H2,1H3. The zero-order chi connectivity index (χ0) is 6.32. The van der Waals surface area contributed by atoms with Crippen molar-refractivity contribution in [2.24, 2.45) is 0 Å². The highest BCUT2D eigenvalue weighted by atomic mass is 17.0. The van der Waals surface area contributed by atoms with Gasteiger partial charge in [-0.25, -0.2) is 4.84 Å².